The maximum absolute atomic E-state index is 4.71. The van der Waals surface area contributed by atoms with Crippen molar-refractivity contribution in [1.82, 2.24) is 9.97 Å². The van der Waals surface area contributed by atoms with Crippen molar-refractivity contribution in [2.75, 3.05) is 5.32 Å². The second-order valence-electron chi connectivity index (χ2n) is 5.34. The van der Waals surface area contributed by atoms with Gasteiger partial charge in [0.15, 0.2) is 0 Å². The molecule has 4 aromatic rings. The average molecular weight is 297 g/mol. The summed E-state index contributed by atoms with van der Waals surface area (Å²) in [4.78, 5) is 8.81. The Morgan fingerprint density at radius 2 is 1.65 bits per heavy atom. The monoisotopic (exact) mass is 297 g/mol. The minimum Gasteiger partial charge on any atom is -0.339 e. The van der Waals surface area contributed by atoms with Gasteiger partial charge in [0.25, 0.3) is 0 Å². The van der Waals surface area contributed by atoms with Crippen molar-refractivity contribution in [2.24, 2.45) is 0 Å². The molecule has 3 heteroatoms. The molecule has 0 amide bonds. The van der Waals surface area contributed by atoms with Gasteiger partial charge in [0.2, 0.25) is 0 Å². The Labute approximate surface area is 134 Å². The smallest absolute Gasteiger partial charge is 0.131 e. The van der Waals surface area contributed by atoms with Crippen LogP contribution >= 0.6 is 0 Å². The van der Waals surface area contributed by atoms with Gasteiger partial charge in [-0.2, -0.15) is 0 Å². The van der Waals surface area contributed by atoms with Gasteiger partial charge in [-0.3, -0.25) is 4.98 Å². The van der Waals surface area contributed by atoms with E-state index in [2.05, 4.69) is 52.8 Å². The quantitative estimate of drug-likeness (QED) is 0.575. The van der Waals surface area contributed by atoms with Crippen LogP contribution in [0, 0.1) is 0 Å². The molecule has 0 spiro atoms. The lowest BCUT2D eigenvalue weighted by molar-refractivity contribution is 1.28. The summed E-state index contributed by atoms with van der Waals surface area (Å²) in [6.07, 6.45) is 3.54. The fraction of sp³-hybridized carbons (Fsp3) is 0. The maximum atomic E-state index is 4.71. The summed E-state index contributed by atoms with van der Waals surface area (Å²) >= 11 is 0. The predicted molar refractivity (Wildman–Crippen MR) is 94.7 cm³/mol. The van der Waals surface area contributed by atoms with E-state index in [0.29, 0.717) is 0 Å². The van der Waals surface area contributed by atoms with E-state index in [1.807, 2.05) is 30.3 Å². The number of fused-ring (bicyclic) bond motifs is 1. The number of pyridine rings is 2. The molecule has 0 fully saturated rings. The normalized spacial score (nSPS) is 10.6. The van der Waals surface area contributed by atoms with Crippen LogP contribution in [0.5, 0.6) is 0 Å². The molecule has 2 aromatic carbocycles. The van der Waals surface area contributed by atoms with Crippen molar-refractivity contribution in [3.05, 3.63) is 85.2 Å². The van der Waals surface area contributed by atoms with Crippen LogP contribution < -0.4 is 5.32 Å². The summed E-state index contributed by atoms with van der Waals surface area (Å²) in [6, 6.07) is 24.6. The first-order valence-electron chi connectivity index (χ1n) is 7.52. The van der Waals surface area contributed by atoms with Crippen LogP contribution in [-0.2, 0) is 0 Å². The first-order chi connectivity index (χ1) is 11.4. The Morgan fingerprint density at radius 1 is 0.739 bits per heavy atom. The van der Waals surface area contributed by atoms with E-state index < -0.39 is 0 Å². The standard InChI is InChI=1S/C20H15N3/c1-2-6-16-13-17(11-10-15(16)5-1)19-8-3-9-20(23-19)22-18-7-4-12-21-14-18/h1-14H,(H,22,23). The number of nitrogens with one attached hydrogen (secondary N) is 1. The lowest BCUT2D eigenvalue weighted by Gasteiger charge is -2.08. The first-order valence-corrected chi connectivity index (χ1v) is 7.52. The van der Waals surface area contributed by atoms with Gasteiger partial charge in [-0.15, -0.1) is 0 Å². The van der Waals surface area contributed by atoms with Crippen molar-refractivity contribution < 1.29 is 0 Å². The van der Waals surface area contributed by atoms with E-state index in [1.165, 1.54) is 10.8 Å². The largest absolute Gasteiger partial charge is 0.339 e. The number of nitrogens with zero attached hydrogens (tertiary/aromatic N) is 2. The first kappa shape index (κ1) is 13.5. The van der Waals surface area contributed by atoms with Crippen LogP contribution in [0.15, 0.2) is 85.2 Å². The zero-order chi connectivity index (χ0) is 15.5. The summed E-state index contributed by atoms with van der Waals surface area (Å²) in [5, 5.41) is 5.73. The summed E-state index contributed by atoms with van der Waals surface area (Å²) < 4.78 is 0. The number of hydrogen-bond acceptors (Lipinski definition) is 3. The molecule has 0 atom stereocenters. The van der Waals surface area contributed by atoms with Gasteiger partial charge >= 0.3 is 0 Å². The molecule has 110 valence electrons. The molecule has 1 N–H and O–H groups in total. The summed E-state index contributed by atoms with van der Waals surface area (Å²) in [5.74, 6) is 0.809. The summed E-state index contributed by atoms with van der Waals surface area (Å²) in [7, 11) is 0. The minimum absolute atomic E-state index is 0.809. The Kier molecular flexibility index (Phi) is 3.45. The molecule has 0 aliphatic carbocycles. The predicted octanol–water partition coefficient (Wildman–Crippen LogP) is 5.04. The van der Waals surface area contributed by atoms with E-state index in [0.717, 1.165) is 22.8 Å². The van der Waals surface area contributed by atoms with E-state index in [-0.39, 0.29) is 0 Å². The Bertz CT molecular complexity index is 949. The highest BCUT2D eigenvalue weighted by molar-refractivity contribution is 5.86. The Morgan fingerprint density at radius 3 is 2.52 bits per heavy atom. The highest BCUT2D eigenvalue weighted by Gasteiger charge is 2.03. The molecule has 0 saturated carbocycles. The molecule has 2 aromatic heterocycles. The SMILES string of the molecule is c1cncc(Nc2cccc(-c3ccc4ccccc4c3)n2)c1. The zero-order valence-electron chi connectivity index (χ0n) is 12.5. The van der Waals surface area contributed by atoms with Crippen molar-refractivity contribution in [3.63, 3.8) is 0 Å². The van der Waals surface area contributed by atoms with Crippen LogP contribution in [0.3, 0.4) is 0 Å². The third-order valence-electron chi connectivity index (χ3n) is 3.73. The molecule has 0 aliphatic rings. The zero-order valence-corrected chi connectivity index (χ0v) is 12.5. The summed E-state index contributed by atoms with van der Waals surface area (Å²) in [5.41, 5.74) is 2.99. The highest BCUT2D eigenvalue weighted by atomic mass is 15.0. The molecule has 0 saturated heterocycles. The second-order valence-corrected chi connectivity index (χ2v) is 5.34. The minimum atomic E-state index is 0.809. The van der Waals surface area contributed by atoms with Gasteiger partial charge in [0, 0.05) is 11.8 Å². The van der Waals surface area contributed by atoms with E-state index in [1.54, 1.807) is 12.4 Å². The van der Waals surface area contributed by atoms with Gasteiger partial charge in [0.1, 0.15) is 5.82 Å². The molecular formula is C20H15N3. The number of aromatic nitrogens is 2. The van der Waals surface area contributed by atoms with Crippen molar-refractivity contribution in [1.29, 1.82) is 0 Å². The maximum Gasteiger partial charge on any atom is 0.131 e. The molecular weight excluding hydrogens is 282 g/mol. The van der Waals surface area contributed by atoms with Crippen molar-refractivity contribution in [2.45, 2.75) is 0 Å². The topological polar surface area (TPSA) is 37.8 Å². The van der Waals surface area contributed by atoms with Crippen LogP contribution in [-0.4, -0.2) is 9.97 Å². The molecule has 0 unspecified atom stereocenters. The fourth-order valence-electron chi connectivity index (χ4n) is 2.60. The van der Waals surface area contributed by atoms with Gasteiger partial charge in [-0.25, -0.2) is 4.98 Å². The third-order valence-corrected chi connectivity index (χ3v) is 3.73. The van der Waals surface area contributed by atoms with Crippen molar-refractivity contribution in [3.8, 4) is 11.3 Å². The van der Waals surface area contributed by atoms with Crippen LogP contribution in [0.25, 0.3) is 22.0 Å². The molecule has 3 nitrogen and oxygen atoms in total. The van der Waals surface area contributed by atoms with E-state index in [4.69, 9.17) is 4.98 Å². The second kappa shape index (κ2) is 5.89. The number of rotatable bonds is 3. The molecule has 0 radical (unpaired) electrons. The number of anilines is 2. The molecule has 2 heterocycles. The van der Waals surface area contributed by atoms with Gasteiger partial charge in [-0.1, -0.05) is 42.5 Å². The van der Waals surface area contributed by atoms with Gasteiger partial charge in [0.05, 0.1) is 17.6 Å². The van der Waals surface area contributed by atoms with Crippen LogP contribution in [0.4, 0.5) is 11.5 Å². The van der Waals surface area contributed by atoms with Gasteiger partial charge < -0.3 is 5.32 Å². The number of hydrogen-bond donors (Lipinski definition) is 1. The molecule has 23 heavy (non-hydrogen) atoms. The summed E-state index contributed by atoms with van der Waals surface area (Å²) in [6.45, 7) is 0. The van der Waals surface area contributed by atoms with E-state index >= 15 is 0 Å². The average Bonchev–Trinajstić information content (AvgIpc) is 2.62. The van der Waals surface area contributed by atoms with Gasteiger partial charge in [-0.05, 0) is 41.1 Å². The lowest BCUT2D eigenvalue weighted by atomic mass is 10.0. The molecule has 0 aliphatic heterocycles. The van der Waals surface area contributed by atoms with E-state index in [9.17, 15) is 0 Å². The van der Waals surface area contributed by atoms with Crippen molar-refractivity contribution >= 4 is 22.3 Å². The highest BCUT2D eigenvalue weighted by Crippen LogP contribution is 2.24. The van der Waals surface area contributed by atoms with Crippen LogP contribution in [0.2, 0.25) is 0 Å². The lowest BCUT2D eigenvalue weighted by Crippen LogP contribution is -1.95. The number of benzene rings is 2. The molecule has 4 rings (SSSR count). The fourth-order valence-corrected chi connectivity index (χ4v) is 2.60. The Hall–Kier alpha value is -3.20. The molecule has 0 bridgehead atoms. The third kappa shape index (κ3) is 2.90. The Balaban J connectivity index is 1.69. The van der Waals surface area contributed by atoms with Crippen LogP contribution in [0.1, 0.15) is 0 Å².